The van der Waals surface area contributed by atoms with Gasteiger partial charge in [0.15, 0.2) is 0 Å². The van der Waals surface area contributed by atoms with Crippen LogP contribution in [0.15, 0.2) is 24.3 Å². The third kappa shape index (κ3) is 4.56. The molecule has 1 heterocycles. The molecular weight excluding hydrogens is 302 g/mol. The van der Waals surface area contributed by atoms with Crippen LogP contribution in [0.25, 0.3) is 0 Å². The number of nitrogens with zero attached hydrogens (tertiary/aromatic N) is 1. The minimum absolute atomic E-state index is 0.0183. The second-order valence-electron chi connectivity index (χ2n) is 6.91. The fraction of sp³-hybridized carbons (Fsp3) is 0.632. The highest BCUT2D eigenvalue weighted by atomic mass is 16.5. The van der Waals surface area contributed by atoms with Gasteiger partial charge in [0.05, 0.1) is 7.11 Å². The number of nitrogens with one attached hydrogen (secondary N) is 2. The first-order valence-electron chi connectivity index (χ1n) is 9.20. The number of hydrogen-bond donors (Lipinski definition) is 2. The Labute approximate surface area is 144 Å². The molecule has 0 aromatic heterocycles. The van der Waals surface area contributed by atoms with E-state index < -0.39 is 0 Å². The summed E-state index contributed by atoms with van der Waals surface area (Å²) in [4.78, 5) is 14.5. The zero-order chi connectivity index (χ0) is 16.8. The topological polar surface area (TPSA) is 53.6 Å². The highest BCUT2D eigenvalue weighted by Gasteiger charge is 2.22. The molecule has 1 aromatic carbocycles. The zero-order valence-corrected chi connectivity index (χ0v) is 14.6. The van der Waals surface area contributed by atoms with Crippen molar-refractivity contribution in [3.8, 4) is 5.75 Å². The van der Waals surface area contributed by atoms with Crippen molar-refractivity contribution >= 4 is 11.7 Å². The van der Waals surface area contributed by atoms with E-state index in [9.17, 15) is 4.79 Å². The minimum Gasteiger partial charge on any atom is -0.497 e. The van der Waals surface area contributed by atoms with E-state index >= 15 is 0 Å². The molecule has 2 amide bonds. The lowest BCUT2D eigenvalue weighted by Crippen LogP contribution is -2.50. The van der Waals surface area contributed by atoms with E-state index in [1.165, 1.54) is 24.9 Å². The van der Waals surface area contributed by atoms with Gasteiger partial charge in [-0.2, -0.15) is 0 Å². The summed E-state index contributed by atoms with van der Waals surface area (Å²) in [5, 5.41) is 6.30. The van der Waals surface area contributed by atoms with Crippen molar-refractivity contribution in [3.05, 3.63) is 24.3 Å². The molecule has 2 N–H and O–H groups in total. The van der Waals surface area contributed by atoms with Gasteiger partial charge < -0.3 is 20.3 Å². The zero-order valence-electron chi connectivity index (χ0n) is 14.6. The van der Waals surface area contributed by atoms with Gasteiger partial charge in [-0.15, -0.1) is 0 Å². The van der Waals surface area contributed by atoms with E-state index in [0.717, 1.165) is 44.5 Å². The van der Waals surface area contributed by atoms with E-state index in [1.54, 1.807) is 7.11 Å². The lowest BCUT2D eigenvalue weighted by atomic mass is 9.96. The predicted molar refractivity (Wildman–Crippen MR) is 96.8 cm³/mol. The molecule has 0 bridgehead atoms. The number of carbonyl (C=O) groups excluding carboxylic acids is 1. The number of anilines is 1. The predicted octanol–water partition coefficient (Wildman–Crippen LogP) is 3.30. The van der Waals surface area contributed by atoms with Gasteiger partial charge >= 0.3 is 6.03 Å². The molecule has 24 heavy (non-hydrogen) atoms. The van der Waals surface area contributed by atoms with Crippen LogP contribution < -0.4 is 20.3 Å². The molecule has 0 unspecified atom stereocenters. The van der Waals surface area contributed by atoms with Gasteiger partial charge in [0, 0.05) is 30.9 Å². The highest BCUT2D eigenvalue weighted by Crippen LogP contribution is 2.23. The number of benzene rings is 1. The largest absolute Gasteiger partial charge is 0.497 e. The van der Waals surface area contributed by atoms with Gasteiger partial charge in [-0.05, 0) is 49.9 Å². The van der Waals surface area contributed by atoms with Gasteiger partial charge in [0.25, 0.3) is 0 Å². The number of rotatable bonds is 4. The Hall–Kier alpha value is -1.91. The third-order valence-corrected chi connectivity index (χ3v) is 5.21. The van der Waals surface area contributed by atoms with Crippen molar-refractivity contribution in [1.29, 1.82) is 0 Å². The molecule has 0 atom stereocenters. The van der Waals surface area contributed by atoms with Crippen molar-refractivity contribution in [2.75, 3.05) is 25.1 Å². The molecule has 0 spiro atoms. The molecule has 1 aliphatic carbocycles. The van der Waals surface area contributed by atoms with Crippen molar-refractivity contribution in [3.63, 3.8) is 0 Å². The summed E-state index contributed by atoms with van der Waals surface area (Å²) >= 11 is 0. The average molecular weight is 331 g/mol. The van der Waals surface area contributed by atoms with Crippen LogP contribution in [0.2, 0.25) is 0 Å². The summed E-state index contributed by atoms with van der Waals surface area (Å²) in [6.07, 6.45) is 8.03. The van der Waals surface area contributed by atoms with Crippen molar-refractivity contribution in [2.24, 2.45) is 0 Å². The first-order valence-corrected chi connectivity index (χ1v) is 9.20. The second kappa shape index (κ2) is 8.27. The average Bonchev–Trinajstić information content (AvgIpc) is 2.63. The Bertz CT molecular complexity index is 518. The van der Waals surface area contributed by atoms with Crippen LogP contribution >= 0.6 is 0 Å². The highest BCUT2D eigenvalue weighted by molar-refractivity contribution is 5.74. The summed E-state index contributed by atoms with van der Waals surface area (Å²) in [7, 11) is 1.69. The number of hydrogen-bond acceptors (Lipinski definition) is 3. The smallest absolute Gasteiger partial charge is 0.315 e. The van der Waals surface area contributed by atoms with E-state index in [-0.39, 0.29) is 12.1 Å². The summed E-state index contributed by atoms with van der Waals surface area (Å²) < 4.78 is 5.21. The van der Waals surface area contributed by atoms with Gasteiger partial charge in [0.1, 0.15) is 5.75 Å². The maximum absolute atomic E-state index is 12.2. The fourth-order valence-electron chi connectivity index (χ4n) is 3.73. The van der Waals surface area contributed by atoms with Crippen LogP contribution in [0.5, 0.6) is 5.75 Å². The molecule has 5 heteroatoms. The Balaban J connectivity index is 1.41. The number of carbonyl (C=O) groups is 1. The number of ether oxygens (including phenoxy) is 1. The Morgan fingerprint density at radius 1 is 0.958 bits per heavy atom. The van der Waals surface area contributed by atoms with Crippen LogP contribution in [0.1, 0.15) is 44.9 Å². The lowest BCUT2D eigenvalue weighted by Gasteiger charge is -2.34. The van der Waals surface area contributed by atoms with Crippen LogP contribution in [0.4, 0.5) is 10.5 Å². The molecule has 0 radical (unpaired) electrons. The molecule has 3 rings (SSSR count). The molecule has 2 aliphatic rings. The minimum atomic E-state index is 0.0183. The molecule has 2 fully saturated rings. The van der Waals surface area contributed by atoms with E-state index in [0.29, 0.717) is 6.04 Å². The molecule has 1 saturated carbocycles. The van der Waals surface area contributed by atoms with E-state index in [4.69, 9.17) is 4.74 Å². The maximum atomic E-state index is 12.2. The molecule has 1 aromatic rings. The lowest BCUT2D eigenvalue weighted by molar-refractivity contribution is 0.226. The number of piperidine rings is 1. The van der Waals surface area contributed by atoms with Crippen molar-refractivity contribution < 1.29 is 9.53 Å². The van der Waals surface area contributed by atoms with Crippen LogP contribution in [-0.2, 0) is 0 Å². The second-order valence-corrected chi connectivity index (χ2v) is 6.91. The Kier molecular flexibility index (Phi) is 5.83. The van der Waals surface area contributed by atoms with Gasteiger partial charge in [-0.3, -0.25) is 0 Å². The van der Waals surface area contributed by atoms with Crippen LogP contribution in [0.3, 0.4) is 0 Å². The molecule has 5 nitrogen and oxygen atoms in total. The van der Waals surface area contributed by atoms with Crippen molar-refractivity contribution in [1.82, 2.24) is 10.6 Å². The SMILES string of the molecule is COc1ccc(N2CCC(NC(=O)NC3CCCCC3)CC2)cc1. The Morgan fingerprint density at radius 2 is 1.54 bits per heavy atom. The summed E-state index contributed by atoms with van der Waals surface area (Å²) in [6, 6.07) is 8.87. The third-order valence-electron chi connectivity index (χ3n) is 5.21. The van der Waals surface area contributed by atoms with Crippen molar-refractivity contribution in [2.45, 2.75) is 57.0 Å². The summed E-state index contributed by atoms with van der Waals surface area (Å²) in [5.74, 6) is 0.884. The monoisotopic (exact) mass is 331 g/mol. The number of methoxy groups -OCH3 is 1. The number of urea groups is 1. The summed E-state index contributed by atoms with van der Waals surface area (Å²) in [5.41, 5.74) is 1.22. The Morgan fingerprint density at radius 3 is 2.12 bits per heavy atom. The first-order chi connectivity index (χ1) is 11.7. The summed E-state index contributed by atoms with van der Waals surface area (Å²) in [6.45, 7) is 1.95. The maximum Gasteiger partial charge on any atom is 0.315 e. The van der Waals surface area contributed by atoms with E-state index in [1.807, 2.05) is 12.1 Å². The van der Waals surface area contributed by atoms with Gasteiger partial charge in [0.2, 0.25) is 0 Å². The normalized spacial score (nSPS) is 19.8. The van der Waals surface area contributed by atoms with Gasteiger partial charge in [-0.25, -0.2) is 4.79 Å². The van der Waals surface area contributed by atoms with Crippen LogP contribution in [0, 0.1) is 0 Å². The standard InChI is InChI=1S/C19H29N3O2/c1-24-18-9-7-17(8-10-18)22-13-11-16(12-14-22)21-19(23)20-15-5-3-2-4-6-15/h7-10,15-16H,2-6,11-14H2,1H3,(H2,20,21,23). The number of amides is 2. The fourth-order valence-corrected chi connectivity index (χ4v) is 3.73. The molecular formula is C19H29N3O2. The molecule has 132 valence electrons. The first kappa shape index (κ1) is 16.9. The molecule has 1 aliphatic heterocycles. The molecule has 1 saturated heterocycles. The van der Waals surface area contributed by atoms with Crippen LogP contribution in [-0.4, -0.2) is 38.3 Å². The quantitative estimate of drug-likeness (QED) is 0.890. The van der Waals surface area contributed by atoms with Gasteiger partial charge in [-0.1, -0.05) is 19.3 Å². The van der Waals surface area contributed by atoms with E-state index in [2.05, 4.69) is 27.7 Å².